The number of nitrogens with zero attached hydrogens (tertiary/aromatic N) is 3. The zero-order valence-electron chi connectivity index (χ0n) is 17.8. The van der Waals surface area contributed by atoms with E-state index in [0.29, 0.717) is 10.9 Å². The number of hydrogen-bond donors (Lipinski definition) is 0. The van der Waals surface area contributed by atoms with Crippen LogP contribution in [0.25, 0.3) is 10.8 Å². The first-order valence-electron chi connectivity index (χ1n) is 9.77. The molecule has 0 aliphatic carbocycles. The first-order valence-corrected chi connectivity index (χ1v) is 11.3. The Morgan fingerprint density at radius 2 is 1.76 bits per heavy atom. The van der Waals surface area contributed by atoms with Gasteiger partial charge in [0.15, 0.2) is 5.69 Å². The van der Waals surface area contributed by atoms with E-state index in [0.717, 1.165) is 0 Å². The average molecular weight is 465 g/mol. The van der Waals surface area contributed by atoms with Gasteiger partial charge in [-0.05, 0) is 36.4 Å². The molecule has 10 heteroatoms. The molecule has 2 heterocycles. The Kier molecular flexibility index (Phi) is 5.93. The second-order valence-electron chi connectivity index (χ2n) is 7.03. The van der Waals surface area contributed by atoms with E-state index in [1.807, 2.05) is 0 Å². The van der Waals surface area contributed by atoms with Gasteiger partial charge in [-0.1, -0.05) is 18.2 Å². The minimum Gasteiger partial charge on any atom is -0.481 e. The predicted molar refractivity (Wildman–Crippen MR) is 119 cm³/mol. The van der Waals surface area contributed by atoms with E-state index in [-0.39, 0.29) is 33.3 Å². The Morgan fingerprint density at radius 3 is 2.45 bits per heavy atom. The Labute approximate surface area is 189 Å². The summed E-state index contributed by atoms with van der Waals surface area (Å²) in [6.45, 7) is -0.0414. The molecule has 0 unspecified atom stereocenters. The van der Waals surface area contributed by atoms with Crippen molar-refractivity contribution in [2.45, 2.75) is 16.3 Å². The molecule has 9 nitrogen and oxygen atoms in total. The van der Waals surface area contributed by atoms with Gasteiger partial charge in [0, 0.05) is 17.0 Å². The molecule has 168 valence electrons. The highest BCUT2D eigenvalue weighted by Crippen LogP contribution is 2.23. The Bertz CT molecular complexity index is 1510. The highest BCUT2D eigenvalue weighted by atomic mass is 32.2. The monoisotopic (exact) mass is 465 g/mol. The zero-order chi connectivity index (χ0) is 23.6. The van der Waals surface area contributed by atoms with Crippen LogP contribution in [0, 0.1) is 0 Å². The smallest absolute Gasteiger partial charge is 0.357 e. The minimum atomic E-state index is -3.73. The summed E-state index contributed by atoms with van der Waals surface area (Å²) in [4.78, 5) is 29.5. The molecule has 0 aliphatic heterocycles. The van der Waals surface area contributed by atoms with Crippen LogP contribution in [0.3, 0.4) is 0 Å². The molecule has 0 radical (unpaired) electrons. The Morgan fingerprint density at radius 1 is 1.00 bits per heavy atom. The number of benzene rings is 2. The standard InChI is InChI=1S/C23H19N3O6S/c1-31-20-11-8-15(21(25-20)23(28)32-2)14-26-22(27)19-10-9-18(12-16(19)13-24-26)33(29,30)17-6-4-3-5-7-17/h3-13H,14H2,1-2H3. The molecule has 2 aromatic carbocycles. The lowest BCUT2D eigenvalue weighted by atomic mass is 10.1. The lowest BCUT2D eigenvalue weighted by molar-refractivity contribution is 0.0591. The van der Waals surface area contributed by atoms with Gasteiger partial charge in [-0.15, -0.1) is 0 Å². The predicted octanol–water partition coefficient (Wildman–Crippen LogP) is 2.47. The van der Waals surface area contributed by atoms with Crippen LogP contribution in [-0.4, -0.2) is 43.4 Å². The molecule has 0 saturated carbocycles. The fourth-order valence-corrected chi connectivity index (χ4v) is 4.64. The average Bonchev–Trinajstić information content (AvgIpc) is 2.85. The molecule has 0 amide bonds. The van der Waals surface area contributed by atoms with Crippen LogP contribution in [0.1, 0.15) is 16.1 Å². The maximum atomic E-state index is 13.0. The summed E-state index contributed by atoms with van der Waals surface area (Å²) < 4.78 is 36.8. The van der Waals surface area contributed by atoms with Gasteiger partial charge in [0.05, 0.1) is 42.1 Å². The van der Waals surface area contributed by atoms with Gasteiger partial charge >= 0.3 is 5.97 Å². The highest BCUT2D eigenvalue weighted by molar-refractivity contribution is 7.91. The van der Waals surface area contributed by atoms with Crippen molar-refractivity contribution in [1.82, 2.24) is 14.8 Å². The van der Waals surface area contributed by atoms with Crippen molar-refractivity contribution in [2.24, 2.45) is 0 Å². The van der Waals surface area contributed by atoms with Gasteiger partial charge in [-0.2, -0.15) is 5.10 Å². The molecule has 0 saturated heterocycles. The second-order valence-corrected chi connectivity index (χ2v) is 8.98. The maximum absolute atomic E-state index is 13.0. The van der Waals surface area contributed by atoms with Crippen molar-refractivity contribution in [3.63, 3.8) is 0 Å². The summed E-state index contributed by atoms with van der Waals surface area (Å²) in [7, 11) is -1.08. The van der Waals surface area contributed by atoms with Gasteiger partial charge in [0.1, 0.15) is 0 Å². The fraction of sp³-hybridized carbons (Fsp3) is 0.130. The molecule has 0 fully saturated rings. The largest absolute Gasteiger partial charge is 0.481 e. The number of carbonyl (C=O) groups is 1. The van der Waals surface area contributed by atoms with E-state index in [1.165, 1.54) is 55.4 Å². The molecule has 33 heavy (non-hydrogen) atoms. The van der Waals surface area contributed by atoms with Crippen LogP contribution in [-0.2, 0) is 21.1 Å². The third kappa shape index (κ3) is 4.20. The van der Waals surface area contributed by atoms with Crippen molar-refractivity contribution >= 4 is 26.6 Å². The molecular formula is C23H19N3O6S. The second kappa shape index (κ2) is 8.83. The van der Waals surface area contributed by atoms with Crippen molar-refractivity contribution in [3.8, 4) is 5.88 Å². The van der Waals surface area contributed by atoms with Gasteiger partial charge in [-0.25, -0.2) is 22.9 Å². The summed E-state index contributed by atoms with van der Waals surface area (Å²) >= 11 is 0. The number of ether oxygens (including phenoxy) is 2. The lowest BCUT2D eigenvalue weighted by Gasteiger charge is -2.11. The van der Waals surface area contributed by atoms with Crippen LogP contribution in [0.4, 0.5) is 0 Å². The van der Waals surface area contributed by atoms with Crippen LogP contribution in [0.5, 0.6) is 5.88 Å². The quantitative estimate of drug-likeness (QED) is 0.399. The van der Waals surface area contributed by atoms with Gasteiger partial charge in [0.25, 0.3) is 5.56 Å². The van der Waals surface area contributed by atoms with Crippen molar-refractivity contribution in [3.05, 3.63) is 88.5 Å². The minimum absolute atomic E-state index is 0.00921. The van der Waals surface area contributed by atoms with E-state index in [9.17, 15) is 18.0 Å². The first kappa shape index (κ1) is 22.2. The van der Waals surface area contributed by atoms with E-state index in [4.69, 9.17) is 9.47 Å². The third-order valence-electron chi connectivity index (χ3n) is 5.05. The first-order chi connectivity index (χ1) is 15.8. The van der Waals surface area contributed by atoms with Gasteiger partial charge in [0.2, 0.25) is 15.7 Å². The molecule has 0 atom stereocenters. The number of hydrogen-bond acceptors (Lipinski definition) is 8. The molecule has 4 rings (SSSR count). The van der Waals surface area contributed by atoms with E-state index in [2.05, 4.69) is 10.1 Å². The van der Waals surface area contributed by atoms with Crippen LogP contribution in [0.2, 0.25) is 0 Å². The number of rotatable bonds is 6. The van der Waals surface area contributed by atoms with E-state index < -0.39 is 21.4 Å². The molecule has 0 aliphatic rings. The highest BCUT2D eigenvalue weighted by Gasteiger charge is 2.20. The number of esters is 1. The molecule has 4 aromatic rings. The van der Waals surface area contributed by atoms with E-state index >= 15 is 0 Å². The third-order valence-corrected chi connectivity index (χ3v) is 6.82. The summed E-state index contributed by atoms with van der Waals surface area (Å²) in [6.07, 6.45) is 1.41. The lowest BCUT2D eigenvalue weighted by Crippen LogP contribution is -2.25. The molecule has 0 spiro atoms. The Hall–Kier alpha value is -4.05. The van der Waals surface area contributed by atoms with Crippen LogP contribution in [0.15, 0.2) is 81.4 Å². The normalized spacial score (nSPS) is 11.3. The fourth-order valence-electron chi connectivity index (χ4n) is 3.33. The van der Waals surface area contributed by atoms with Crippen molar-refractivity contribution < 1.29 is 22.7 Å². The SMILES string of the molecule is COC(=O)c1nc(OC)ccc1Cn1ncc2cc(S(=O)(=O)c3ccccc3)ccc2c1=O. The zero-order valence-corrected chi connectivity index (χ0v) is 18.6. The summed E-state index contributed by atoms with van der Waals surface area (Å²) in [5, 5.41) is 4.84. The van der Waals surface area contributed by atoms with Crippen molar-refractivity contribution in [1.29, 1.82) is 0 Å². The molecular weight excluding hydrogens is 446 g/mol. The molecule has 0 bridgehead atoms. The number of pyridine rings is 1. The Balaban J connectivity index is 1.74. The van der Waals surface area contributed by atoms with Crippen LogP contribution >= 0.6 is 0 Å². The maximum Gasteiger partial charge on any atom is 0.357 e. The van der Waals surface area contributed by atoms with Gasteiger partial charge < -0.3 is 9.47 Å². The molecule has 2 aromatic heterocycles. The van der Waals surface area contributed by atoms with Gasteiger partial charge in [-0.3, -0.25) is 4.79 Å². The molecule has 0 N–H and O–H groups in total. The number of carbonyl (C=O) groups excluding carboxylic acids is 1. The summed E-state index contributed by atoms with van der Waals surface area (Å²) in [6, 6.07) is 15.5. The van der Waals surface area contributed by atoms with E-state index in [1.54, 1.807) is 30.3 Å². The topological polar surface area (TPSA) is 117 Å². The summed E-state index contributed by atoms with van der Waals surface area (Å²) in [5.74, 6) is -0.446. The summed E-state index contributed by atoms with van der Waals surface area (Å²) in [5.41, 5.74) is -0.0161. The van der Waals surface area contributed by atoms with Crippen LogP contribution < -0.4 is 10.3 Å². The number of methoxy groups -OCH3 is 2. The number of fused-ring (bicyclic) bond motifs is 1. The van der Waals surface area contributed by atoms with Crippen molar-refractivity contribution in [2.75, 3.05) is 14.2 Å². The number of aromatic nitrogens is 3. The number of sulfone groups is 1.